The van der Waals surface area contributed by atoms with Crippen LogP contribution in [-0.2, 0) is 0 Å². The zero-order valence-corrected chi connectivity index (χ0v) is 14.5. The second-order valence-corrected chi connectivity index (χ2v) is 7.11. The summed E-state index contributed by atoms with van der Waals surface area (Å²) < 4.78 is 0. The number of hydrogen-bond acceptors (Lipinski definition) is 0. The van der Waals surface area contributed by atoms with Crippen molar-refractivity contribution in [2.75, 3.05) is 0 Å². The number of aryl methyl sites for hydroxylation is 2. The summed E-state index contributed by atoms with van der Waals surface area (Å²) >= 11 is 0. The van der Waals surface area contributed by atoms with Crippen molar-refractivity contribution in [1.29, 1.82) is 0 Å². The van der Waals surface area contributed by atoms with Crippen LogP contribution in [0.25, 0.3) is 22.3 Å². The van der Waals surface area contributed by atoms with E-state index in [2.05, 4.69) is 80.6 Å². The maximum atomic E-state index is 2.41. The van der Waals surface area contributed by atoms with Gasteiger partial charge in [-0.25, -0.2) is 0 Å². The fourth-order valence-electron chi connectivity index (χ4n) is 3.70. The Balaban J connectivity index is 1.89. The Bertz CT molecular complexity index is 854. The molecule has 0 spiro atoms. The van der Waals surface area contributed by atoms with Gasteiger partial charge in [0.2, 0.25) is 0 Å². The van der Waals surface area contributed by atoms with E-state index in [1.165, 1.54) is 58.2 Å². The van der Waals surface area contributed by atoms with Gasteiger partial charge in [0.25, 0.3) is 0 Å². The maximum absolute atomic E-state index is 2.41. The van der Waals surface area contributed by atoms with Crippen LogP contribution in [0, 0.1) is 13.8 Å². The fraction of sp³-hybridized carbons (Fsp3) is 0.250. The largest absolute Gasteiger partial charge is 0.0622 e. The Hall–Kier alpha value is -2.34. The Kier molecular flexibility index (Phi) is 3.98. The van der Waals surface area contributed by atoms with Gasteiger partial charge in [-0.3, -0.25) is 0 Å². The molecule has 0 heteroatoms. The van der Waals surface area contributed by atoms with E-state index in [0.717, 1.165) is 5.92 Å². The standard InChI is InChI=1S/C24H24/c1-17-11-12-18(2)23(15-17)24-16-21(19-7-4-3-5-8-19)13-14-22(24)20-9-6-10-20/h3-5,7-8,11-16,20H,6,9-10H2,1-2H3. The third-order valence-electron chi connectivity index (χ3n) is 5.39. The van der Waals surface area contributed by atoms with E-state index in [1.807, 2.05) is 0 Å². The zero-order valence-electron chi connectivity index (χ0n) is 14.5. The average Bonchev–Trinajstić information content (AvgIpc) is 2.57. The number of hydrogen-bond donors (Lipinski definition) is 0. The van der Waals surface area contributed by atoms with Gasteiger partial charge in [0.05, 0.1) is 0 Å². The molecule has 0 nitrogen and oxygen atoms in total. The number of benzene rings is 3. The summed E-state index contributed by atoms with van der Waals surface area (Å²) in [5.74, 6) is 0.740. The van der Waals surface area contributed by atoms with Gasteiger partial charge in [0.15, 0.2) is 0 Å². The molecule has 1 saturated carbocycles. The SMILES string of the molecule is Cc1ccc(C)c(-c2cc(-c3ccccc3)ccc2C2CCC2)c1. The third-order valence-corrected chi connectivity index (χ3v) is 5.39. The first-order valence-electron chi connectivity index (χ1n) is 8.99. The predicted octanol–water partition coefficient (Wildman–Crippen LogP) is 6.90. The van der Waals surface area contributed by atoms with Crippen LogP contribution in [-0.4, -0.2) is 0 Å². The van der Waals surface area contributed by atoms with Gasteiger partial charge in [-0.2, -0.15) is 0 Å². The highest BCUT2D eigenvalue weighted by Crippen LogP contribution is 2.43. The van der Waals surface area contributed by atoms with E-state index in [4.69, 9.17) is 0 Å². The summed E-state index contributed by atoms with van der Waals surface area (Å²) in [6.45, 7) is 4.42. The molecule has 0 heterocycles. The summed E-state index contributed by atoms with van der Waals surface area (Å²) in [5.41, 5.74) is 9.68. The summed E-state index contributed by atoms with van der Waals surface area (Å²) in [6, 6.07) is 24.6. The third kappa shape index (κ3) is 2.78. The van der Waals surface area contributed by atoms with Crippen molar-refractivity contribution >= 4 is 0 Å². The quantitative estimate of drug-likeness (QED) is 0.493. The molecule has 0 radical (unpaired) electrons. The highest BCUT2D eigenvalue weighted by molar-refractivity contribution is 5.78. The minimum Gasteiger partial charge on any atom is -0.0622 e. The second kappa shape index (κ2) is 6.28. The number of rotatable bonds is 3. The van der Waals surface area contributed by atoms with Crippen LogP contribution in [0.3, 0.4) is 0 Å². The van der Waals surface area contributed by atoms with Gasteiger partial charge >= 0.3 is 0 Å². The van der Waals surface area contributed by atoms with Crippen LogP contribution in [0.4, 0.5) is 0 Å². The Morgan fingerprint density at radius 2 is 1.50 bits per heavy atom. The van der Waals surface area contributed by atoms with Gasteiger partial charge in [-0.05, 0) is 72.1 Å². The molecule has 120 valence electrons. The van der Waals surface area contributed by atoms with E-state index in [9.17, 15) is 0 Å². The lowest BCUT2D eigenvalue weighted by Gasteiger charge is -2.29. The highest BCUT2D eigenvalue weighted by Gasteiger charge is 2.23. The smallest absolute Gasteiger partial charge is 0.0140 e. The Morgan fingerprint density at radius 1 is 0.708 bits per heavy atom. The first kappa shape index (κ1) is 15.2. The Labute approximate surface area is 145 Å². The van der Waals surface area contributed by atoms with Crippen LogP contribution in [0.15, 0.2) is 66.7 Å². The van der Waals surface area contributed by atoms with E-state index in [1.54, 1.807) is 0 Å². The van der Waals surface area contributed by atoms with E-state index in [-0.39, 0.29) is 0 Å². The van der Waals surface area contributed by atoms with Crippen LogP contribution >= 0.6 is 0 Å². The van der Waals surface area contributed by atoms with Gasteiger partial charge in [0.1, 0.15) is 0 Å². The monoisotopic (exact) mass is 312 g/mol. The lowest BCUT2D eigenvalue weighted by atomic mass is 9.76. The molecule has 0 bridgehead atoms. The van der Waals surface area contributed by atoms with Crippen molar-refractivity contribution < 1.29 is 0 Å². The molecule has 1 aliphatic carbocycles. The van der Waals surface area contributed by atoms with Crippen molar-refractivity contribution in [3.63, 3.8) is 0 Å². The van der Waals surface area contributed by atoms with Crippen molar-refractivity contribution in [3.05, 3.63) is 83.4 Å². The minimum atomic E-state index is 0.740. The van der Waals surface area contributed by atoms with Crippen LogP contribution in [0.2, 0.25) is 0 Å². The average molecular weight is 312 g/mol. The van der Waals surface area contributed by atoms with E-state index < -0.39 is 0 Å². The van der Waals surface area contributed by atoms with Gasteiger partial charge < -0.3 is 0 Å². The Morgan fingerprint density at radius 3 is 2.21 bits per heavy atom. The molecule has 4 rings (SSSR count). The van der Waals surface area contributed by atoms with Crippen LogP contribution < -0.4 is 0 Å². The molecule has 24 heavy (non-hydrogen) atoms. The molecule has 0 N–H and O–H groups in total. The molecule has 0 amide bonds. The zero-order chi connectivity index (χ0) is 16.5. The molecule has 1 aliphatic rings. The minimum absolute atomic E-state index is 0.740. The van der Waals surface area contributed by atoms with E-state index >= 15 is 0 Å². The fourth-order valence-corrected chi connectivity index (χ4v) is 3.70. The van der Waals surface area contributed by atoms with E-state index in [0.29, 0.717) is 0 Å². The van der Waals surface area contributed by atoms with Crippen LogP contribution in [0.5, 0.6) is 0 Å². The topological polar surface area (TPSA) is 0 Å². The predicted molar refractivity (Wildman–Crippen MR) is 103 cm³/mol. The molecule has 0 aromatic heterocycles. The summed E-state index contributed by atoms with van der Waals surface area (Å²) in [5, 5.41) is 0. The van der Waals surface area contributed by atoms with Crippen molar-refractivity contribution in [1.82, 2.24) is 0 Å². The summed E-state index contributed by atoms with van der Waals surface area (Å²) in [7, 11) is 0. The first-order valence-corrected chi connectivity index (χ1v) is 8.99. The summed E-state index contributed by atoms with van der Waals surface area (Å²) in [6.07, 6.45) is 4.04. The molecule has 0 aliphatic heterocycles. The normalized spacial score (nSPS) is 14.4. The molecule has 0 saturated heterocycles. The lowest BCUT2D eigenvalue weighted by Crippen LogP contribution is -2.10. The maximum Gasteiger partial charge on any atom is -0.0140 e. The van der Waals surface area contributed by atoms with Gasteiger partial charge in [0, 0.05) is 0 Å². The highest BCUT2D eigenvalue weighted by atomic mass is 14.3. The van der Waals surface area contributed by atoms with Crippen LogP contribution in [0.1, 0.15) is 41.9 Å². The lowest BCUT2D eigenvalue weighted by molar-refractivity contribution is 0.420. The van der Waals surface area contributed by atoms with Crippen molar-refractivity contribution in [2.45, 2.75) is 39.0 Å². The molecule has 3 aromatic carbocycles. The molecule has 0 unspecified atom stereocenters. The van der Waals surface area contributed by atoms with Gasteiger partial charge in [-0.1, -0.05) is 72.6 Å². The molecular weight excluding hydrogens is 288 g/mol. The molecular formula is C24H24. The first-order chi connectivity index (χ1) is 11.7. The van der Waals surface area contributed by atoms with Gasteiger partial charge in [-0.15, -0.1) is 0 Å². The summed E-state index contributed by atoms with van der Waals surface area (Å²) in [4.78, 5) is 0. The molecule has 3 aromatic rings. The molecule has 1 fully saturated rings. The molecule has 0 atom stereocenters. The van der Waals surface area contributed by atoms with Crippen molar-refractivity contribution in [2.24, 2.45) is 0 Å². The van der Waals surface area contributed by atoms with Crippen molar-refractivity contribution in [3.8, 4) is 22.3 Å². The second-order valence-electron chi connectivity index (χ2n) is 7.11.